The molecule has 94 valence electrons. The van der Waals surface area contributed by atoms with E-state index in [0.717, 1.165) is 13.1 Å². The van der Waals surface area contributed by atoms with E-state index >= 15 is 0 Å². The van der Waals surface area contributed by atoms with E-state index in [9.17, 15) is 4.79 Å². The van der Waals surface area contributed by atoms with Crippen LogP contribution in [0.25, 0.3) is 0 Å². The van der Waals surface area contributed by atoms with E-state index in [1.54, 1.807) is 10.9 Å². The molecule has 7 heteroatoms. The summed E-state index contributed by atoms with van der Waals surface area (Å²) in [6.07, 6.45) is 2.19. The summed E-state index contributed by atoms with van der Waals surface area (Å²) in [5.41, 5.74) is 0.321. The Labute approximate surface area is 99.2 Å². The number of carbonyl (C=O) groups is 1. The molecule has 0 aliphatic carbocycles. The van der Waals surface area contributed by atoms with Gasteiger partial charge >= 0.3 is 0 Å². The molecule has 0 spiro atoms. The fraction of sp³-hybridized carbons (Fsp3) is 0.700. The van der Waals surface area contributed by atoms with Crippen molar-refractivity contribution in [2.45, 2.75) is 25.4 Å². The van der Waals surface area contributed by atoms with Gasteiger partial charge in [-0.1, -0.05) is 5.21 Å². The smallest absolute Gasteiger partial charge is 0.273 e. The molecule has 1 fully saturated rings. The maximum atomic E-state index is 11.7. The third-order valence-corrected chi connectivity index (χ3v) is 2.82. The molecule has 1 aliphatic heterocycles. The van der Waals surface area contributed by atoms with Gasteiger partial charge in [0.2, 0.25) is 0 Å². The summed E-state index contributed by atoms with van der Waals surface area (Å²) in [6.45, 7) is 3.63. The zero-order valence-corrected chi connectivity index (χ0v) is 9.76. The third-order valence-electron chi connectivity index (χ3n) is 2.82. The lowest BCUT2D eigenvalue weighted by Crippen LogP contribution is -2.43. The maximum Gasteiger partial charge on any atom is 0.273 e. The molecule has 1 amide bonds. The van der Waals surface area contributed by atoms with Crippen molar-refractivity contribution in [1.82, 2.24) is 25.6 Å². The second-order valence-corrected chi connectivity index (χ2v) is 4.28. The van der Waals surface area contributed by atoms with Crippen molar-refractivity contribution in [3.05, 3.63) is 11.9 Å². The van der Waals surface area contributed by atoms with Crippen molar-refractivity contribution in [3.63, 3.8) is 0 Å². The van der Waals surface area contributed by atoms with Crippen molar-refractivity contribution >= 4 is 5.91 Å². The highest BCUT2D eigenvalue weighted by molar-refractivity contribution is 5.92. The maximum absolute atomic E-state index is 11.7. The minimum Gasteiger partial charge on any atom is -0.396 e. The van der Waals surface area contributed by atoms with E-state index in [-0.39, 0.29) is 18.6 Å². The molecule has 1 aliphatic rings. The summed E-state index contributed by atoms with van der Waals surface area (Å²) in [7, 11) is 0. The Morgan fingerprint density at radius 3 is 3.12 bits per heavy atom. The summed E-state index contributed by atoms with van der Waals surface area (Å²) in [6, 6.07) is 0.238. The number of nitrogens with zero attached hydrogens (tertiary/aromatic N) is 3. The van der Waals surface area contributed by atoms with Gasteiger partial charge in [-0.25, -0.2) is 4.68 Å². The van der Waals surface area contributed by atoms with E-state index in [1.807, 2.05) is 6.92 Å². The Morgan fingerprint density at radius 1 is 1.76 bits per heavy atom. The molecule has 2 heterocycles. The lowest BCUT2D eigenvalue weighted by atomic mass is 10.2. The van der Waals surface area contributed by atoms with Gasteiger partial charge in [-0.15, -0.1) is 5.10 Å². The molecular weight excluding hydrogens is 222 g/mol. The van der Waals surface area contributed by atoms with Crippen LogP contribution in [0.3, 0.4) is 0 Å². The summed E-state index contributed by atoms with van der Waals surface area (Å²) >= 11 is 0. The number of aliphatic hydroxyl groups is 1. The predicted octanol–water partition coefficient (Wildman–Crippen LogP) is -1.08. The highest BCUT2D eigenvalue weighted by Gasteiger charge is 2.21. The second-order valence-electron chi connectivity index (χ2n) is 4.28. The van der Waals surface area contributed by atoms with Gasteiger partial charge in [0.05, 0.1) is 12.2 Å². The topological polar surface area (TPSA) is 92.1 Å². The van der Waals surface area contributed by atoms with Crippen molar-refractivity contribution in [2.75, 3.05) is 19.7 Å². The molecule has 1 saturated heterocycles. The lowest BCUT2D eigenvalue weighted by molar-refractivity contribution is 0.0929. The van der Waals surface area contributed by atoms with Crippen LogP contribution in [0.15, 0.2) is 6.20 Å². The number of amides is 1. The first kappa shape index (κ1) is 12.0. The zero-order valence-electron chi connectivity index (χ0n) is 9.76. The Morgan fingerprint density at radius 2 is 2.53 bits per heavy atom. The molecule has 0 bridgehead atoms. The molecule has 1 aromatic rings. The van der Waals surface area contributed by atoms with Gasteiger partial charge < -0.3 is 15.7 Å². The average Bonchev–Trinajstić information content (AvgIpc) is 2.64. The minimum absolute atomic E-state index is 0.0574. The van der Waals surface area contributed by atoms with Crippen LogP contribution in [0, 0.1) is 0 Å². The molecule has 0 aromatic carbocycles. The molecule has 2 rings (SSSR count). The van der Waals surface area contributed by atoms with Crippen molar-refractivity contribution in [2.24, 2.45) is 0 Å². The monoisotopic (exact) mass is 239 g/mol. The first-order valence-corrected chi connectivity index (χ1v) is 5.75. The number of hydrogen-bond donors (Lipinski definition) is 3. The summed E-state index contributed by atoms with van der Waals surface area (Å²) in [5, 5.41) is 22.4. The van der Waals surface area contributed by atoms with Crippen molar-refractivity contribution in [1.29, 1.82) is 0 Å². The largest absolute Gasteiger partial charge is 0.396 e. The predicted molar refractivity (Wildman–Crippen MR) is 60.6 cm³/mol. The van der Waals surface area contributed by atoms with Gasteiger partial charge in [0.1, 0.15) is 0 Å². The standard InChI is InChI=1S/C10H17N5O2/c1-7(2-3-16)12-10(17)9-6-15(14-13-9)8-4-11-5-8/h6-8,11,16H,2-5H2,1H3,(H,12,17). The van der Waals surface area contributed by atoms with E-state index in [2.05, 4.69) is 20.9 Å². The number of rotatable bonds is 5. The van der Waals surface area contributed by atoms with E-state index < -0.39 is 0 Å². The van der Waals surface area contributed by atoms with Crippen molar-refractivity contribution < 1.29 is 9.90 Å². The Hall–Kier alpha value is -1.47. The van der Waals surface area contributed by atoms with Crippen LogP contribution in [0.5, 0.6) is 0 Å². The van der Waals surface area contributed by atoms with E-state index in [0.29, 0.717) is 18.2 Å². The first-order valence-electron chi connectivity index (χ1n) is 5.75. The molecule has 1 unspecified atom stereocenters. The Bertz CT molecular complexity index is 388. The molecule has 0 saturated carbocycles. The van der Waals surface area contributed by atoms with Gasteiger partial charge in [-0.2, -0.15) is 0 Å². The fourth-order valence-electron chi connectivity index (χ4n) is 1.58. The van der Waals surface area contributed by atoms with Crippen LogP contribution in [0.4, 0.5) is 0 Å². The van der Waals surface area contributed by atoms with E-state index in [1.165, 1.54) is 0 Å². The van der Waals surface area contributed by atoms with Crippen LogP contribution in [0.2, 0.25) is 0 Å². The number of hydrogen-bond acceptors (Lipinski definition) is 5. The van der Waals surface area contributed by atoms with Crippen molar-refractivity contribution in [3.8, 4) is 0 Å². The van der Waals surface area contributed by atoms with Crippen LogP contribution < -0.4 is 10.6 Å². The normalized spacial score (nSPS) is 17.5. The average molecular weight is 239 g/mol. The molecular formula is C10H17N5O2. The molecule has 1 atom stereocenters. The van der Waals surface area contributed by atoms with Gasteiger partial charge in [-0.05, 0) is 13.3 Å². The number of carbonyl (C=O) groups excluding carboxylic acids is 1. The summed E-state index contributed by atoms with van der Waals surface area (Å²) in [4.78, 5) is 11.7. The molecule has 7 nitrogen and oxygen atoms in total. The molecule has 0 radical (unpaired) electrons. The first-order chi connectivity index (χ1) is 8.20. The number of nitrogens with one attached hydrogen (secondary N) is 2. The summed E-state index contributed by atoms with van der Waals surface area (Å²) in [5.74, 6) is -0.246. The van der Waals surface area contributed by atoms with Crippen LogP contribution in [0.1, 0.15) is 29.9 Å². The molecule has 3 N–H and O–H groups in total. The third kappa shape index (κ3) is 2.80. The summed E-state index contributed by atoms with van der Waals surface area (Å²) < 4.78 is 1.71. The Balaban J connectivity index is 1.92. The number of aliphatic hydroxyl groups excluding tert-OH is 1. The quantitative estimate of drug-likeness (QED) is 0.608. The zero-order chi connectivity index (χ0) is 12.3. The highest BCUT2D eigenvalue weighted by atomic mass is 16.3. The van der Waals surface area contributed by atoms with Gasteiger partial charge in [-0.3, -0.25) is 4.79 Å². The van der Waals surface area contributed by atoms with Crippen LogP contribution in [-0.4, -0.2) is 51.7 Å². The molecule has 1 aromatic heterocycles. The lowest BCUT2D eigenvalue weighted by Gasteiger charge is -2.26. The Kier molecular flexibility index (Phi) is 3.70. The SMILES string of the molecule is CC(CCO)NC(=O)c1cn(C2CNC2)nn1. The minimum atomic E-state index is -0.246. The second kappa shape index (κ2) is 5.24. The highest BCUT2D eigenvalue weighted by Crippen LogP contribution is 2.09. The van der Waals surface area contributed by atoms with Crippen LogP contribution >= 0.6 is 0 Å². The van der Waals surface area contributed by atoms with Gasteiger partial charge in [0, 0.05) is 25.7 Å². The number of aromatic nitrogens is 3. The van der Waals surface area contributed by atoms with E-state index in [4.69, 9.17) is 5.11 Å². The fourth-order valence-corrected chi connectivity index (χ4v) is 1.58. The van der Waals surface area contributed by atoms with Gasteiger partial charge in [0.15, 0.2) is 5.69 Å². The van der Waals surface area contributed by atoms with Gasteiger partial charge in [0.25, 0.3) is 5.91 Å². The molecule has 17 heavy (non-hydrogen) atoms. The van der Waals surface area contributed by atoms with Crippen LogP contribution in [-0.2, 0) is 0 Å².